The zero-order chi connectivity index (χ0) is 27.6. The minimum atomic E-state index is -0.742. The summed E-state index contributed by atoms with van der Waals surface area (Å²) in [6.45, 7) is 5.37. The molecule has 39 heavy (non-hydrogen) atoms. The summed E-state index contributed by atoms with van der Waals surface area (Å²) in [4.78, 5) is 58.5. The van der Waals surface area contributed by atoms with E-state index in [1.54, 1.807) is 12.4 Å². The fourth-order valence-corrected chi connectivity index (χ4v) is 5.71. The molecule has 4 heterocycles. The molecule has 2 amide bonds. The van der Waals surface area contributed by atoms with Crippen LogP contribution in [0.25, 0.3) is 32.6 Å². The summed E-state index contributed by atoms with van der Waals surface area (Å²) in [5.74, 6) is -0.193. The Morgan fingerprint density at radius 3 is 2.49 bits per heavy atom. The largest absolute Gasteiger partial charge is 0.481 e. The summed E-state index contributed by atoms with van der Waals surface area (Å²) in [7, 11) is 0. The second-order valence-corrected chi connectivity index (χ2v) is 10.4. The molecule has 0 radical (unpaired) electrons. The lowest BCUT2D eigenvalue weighted by atomic mass is 9.76. The number of H-pyrrole nitrogens is 1. The highest BCUT2D eigenvalue weighted by molar-refractivity contribution is 7.22. The Labute approximate surface area is 227 Å². The average Bonchev–Trinajstić information content (AvgIpc) is 3.34. The fraction of sp³-hybridized carbons (Fsp3) is 0.346. The molecule has 1 aromatic carbocycles. The zero-order valence-corrected chi connectivity index (χ0v) is 22.3. The zero-order valence-electron chi connectivity index (χ0n) is 21.5. The summed E-state index contributed by atoms with van der Waals surface area (Å²) >= 11 is 1.29. The fourth-order valence-electron chi connectivity index (χ4n) is 4.75. The number of aliphatic carboxylic acids is 1. The van der Waals surface area contributed by atoms with Gasteiger partial charge in [-0.2, -0.15) is 0 Å². The first-order valence-electron chi connectivity index (χ1n) is 12.7. The maximum atomic E-state index is 12.1. The number of aromatic nitrogens is 5. The Balaban J connectivity index is 1.47. The van der Waals surface area contributed by atoms with Crippen molar-refractivity contribution in [1.82, 2.24) is 30.2 Å². The number of nitrogens with one attached hydrogen (secondary N) is 3. The van der Waals surface area contributed by atoms with E-state index in [0.717, 1.165) is 15.8 Å². The molecule has 12 nitrogen and oxygen atoms in total. The average molecular weight is 549 g/mol. The van der Waals surface area contributed by atoms with Gasteiger partial charge in [0.05, 0.1) is 27.7 Å². The predicted molar refractivity (Wildman–Crippen MR) is 149 cm³/mol. The Morgan fingerprint density at radius 2 is 1.85 bits per heavy atom. The van der Waals surface area contributed by atoms with Crippen molar-refractivity contribution in [2.24, 2.45) is 5.41 Å². The van der Waals surface area contributed by atoms with Crippen molar-refractivity contribution in [2.45, 2.75) is 33.1 Å². The number of carbonyl (C=O) groups is 2. The van der Waals surface area contributed by atoms with Gasteiger partial charge in [0.15, 0.2) is 5.13 Å². The van der Waals surface area contributed by atoms with Gasteiger partial charge in [-0.1, -0.05) is 18.3 Å². The first-order chi connectivity index (χ1) is 18.8. The van der Waals surface area contributed by atoms with Crippen molar-refractivity contribution < 1.29 is 14.7 Å². The van der Waals surface area contributed by atoms with Crippen molar-refractivity contribution >= 4 is 44.6 Å². The molecule has 13 heteroatoms. The smallest absolute Gasteiger partial charge is 0.321 e. The number of urea groups is 1. The number of fused-ring (bicyclic) bond motifs is 1. The highest BCUT2D eigenvalue weighted by Gasteiger charge is 2.40. The van der Waals surface area contributed by atoms with Gasteiger partial charge in [0.25, 0.3) is 5.56 Å². The van der Waals surface area contributed by atoms with Crippen LogP contribution in [0, 0.1) is 5.41 Å². The van der Waals surface area contributed by atoms with Gasteiger partial charge in [0, 0.05) is 49.2 Å². The minimum Gasteiger partial charge on any atom is -0.481 e. The molecule has 1 aliphatic heterocycles. The molecular formula is C26H28N8O4S. The number of carboxylic acids is 1. The normalized spacial score (nSPS) is 14.8. The predicted octanol–water partition coefficient (Wildman–Crippen LogP) is 3.73. The summed E-state index contributed by atoms with van der Waals surface area (Å²) in [6, 6.07) is 4.85. The van der Waals surface area contributed by atoms with Crippen LogP contribution in [0.3, 0.4) is 0 Å². The number of rotatable bonds is 7. The van der Waals surface area contributed by atoms with Crippen molar-refractivity contribution in [3.05, 3.63) is 47.3 Å². The topological polar surface area (TPSA) is 166 Å². The number of anilines is 2. The molecule has 0 spiro atoms. The van der Waals surface area contributed by atoms with Crippen LogP contribution in [0.4, 0.5) is 15.9 Å². The number of carbonyl (C=O) groups excluding carboxylic acids is 1. The SMILES string of the molecule is CCNC(=O)Nc1nc2cc(-c3cnc(N4CCC(CC)(C(=O)O)CC4)nc3)cc(-c3cc(=O)[nH]cn3)c2s1. The van der Waals surface area contributed by atoms with E-state index in [2.05, 4.69) is 35.6 Å². The number of amides is 2. The highest BCUT2D eigenvalue weighted by atomic mass is 32.1. The number of aromatic amines is 1. The second-order valence-electron chi connectivity index (χ2n) is 9.37. The third-order valence-corrected chi connectivity index (χ3v) is 8.13. The molecule has 0 atom stereocenters. The molecule has 202 valence electrons. The first kappa shape index (κ1) is 26.2. The number of benzene rings is 1. The van der Waals surface area contributed by atoms with Crippen molar-refractivity contribution in [3.63, 3.8) is 0 Å². The molecule has 1 aliphatic rings. The molecular weight excluding hydrogens is 520 g/mol. The third kappa shape index (κ3) is 5.30. The van der Waals surface area contributed by atoms with Gasteiger partial charge in [-0.25, -0.2) is 24.7 Å². The lowest BCUT2D eigenvalue weighted by Crippen LogP contribution is -2.44. The van der Waals surface area contributed by atoms with E-state index < -0.39 is 11.4 Å². The summed E-state index contributed by atoms with van der Waals surface area (Å²) in [6.07, 6.45) is 6.47. The number of piperidine rings is 1. The lowest BCUT2D eigenvalue weighted by Gasteiger charge is -2.38. The third-order valence-electron chi connectivity index (χ3n) is 7.11. The standard InChI is InChI=1S/C26H28N8O4S/c1-3-26(22(36)37)5-7-34(8-6-26)23-28-12-16(13-29-23)15-9-17(18-11-20(35)31-14-30-18)21-19(10-15)32-25(39-21)33-24(38)27-4-2/h9-14H,3-8H2,1-2H3,(H,36,37)(H,30,31,35)(H2,27,32,33,38). The van der Waals surface area contributed by atoms with Gasteiger partial charge < -0.3 is 20.3 Å². The van der Waals surface area contributed by atoms with Gasteiger partial charge in [-0.3, -0.25) is 14.9 Å². The van der Waals surface area contributed by atoms with Crippen LogP contribution in [0.1, 0.15) is 33.1 Å². The maximum Gasteiger partial charge on any atom is 0.321 e. The van der Waals surface area contributed by atoms with Gasteiger partial charge in [-0.05, 0) is 43.9 Å². The summed E-state index contributed by atoms with van der Waals surface area (Å²) in [5.41, 5.74) is 2.34. The van der Waals surface area contributed by atoms with Crippen LogP contribution >= 0.6 is 11.3 Å². The minimum absolute atomic E-state index is 0.284. The lowest BCUT2D eigenvalue weighted by molar-refractivity contribution is -0.150. The number of nitrogens with zero attached hydrogens (tertiary/aromatic N) is 5. The second kappa shape index (κ2) is 10.8. The van der Waals surface area contributed by atoms with Crippen molar-refractivity contribution in [1.29, 1.82) is 0 Å². The number of carboxylic acid groups (broad SMARTS) is 1. The molecule has 1 saturated heterocycles. The molecule has 0 aliphatic carbocycles. The van der Waals surface area contributed by atoms with Crippen LogP contribution in [0.2, 0.25) is 0 Å². The van der Waals surface area contributed by atoms with E-state index in [0.29, 0.717) is 66.8 Å². The van der Waals surface area contributed by atoms with E-state index in [1.807, 2.05) is 30.9 Å². The molecule has 1 fully saturated rings. The Hall–Kier alpha value is -4.39. The quantitative estimate of drug-likeness (QED) is 0.269. The molecule has 4 N–H and O–H groups in total. The maximum absolute atomic E-state index is 12.1. The van der Waals surface area contributed by atoms with E-state index in [1.165, 1.54) is 23.7 Å². The number of hydrogen-bond donors (Lipinski definition) is 4. The van der Waals surface area contributed by atoms with E-state index in [9.17, 15) is 19.5 Å². The Morgan fingerprint density at radius 1 is 1.10 bits per heavy atom. The van der Waals surface area contributed by atoms with Gasteiger partial charge in [-0.15, -0.1) is 0 Å². The molecule has 3 aromatic heterocycles. The summed E-state index contributed by atoms with van der Waals surface area (Å²) < 4.78 is 0.771. The molecule has 0 bridgehead atoms. The monoisotopic (exact) mass is 548 g/mol. The molecule has 4 aromatic rings. The number of hydrogen-bond acceptors (Lipinski definition) is 9. The van der Waals surface area contributed by atoms with E-state index in [4.69, 9.17) is 0 Å². The molecule has 5 rings (SSSR count). The Kier molecular flexibility index (Phi) is 7.24. The highest BCUT2D eigenvalue weighted by Crippen LogP contribution is 2.39. The van der Waals surface area contributed by atoms with Crippen molar-refractivity contribution in [2.75, 3.05) is 29.9 Å². The van der Waals surface area contributed by atoms with Crippen LogP contribution in [0.5, 0.6) is 0 Å². The van der Waals surface area contributed by atoms with E-state index in [-0.39, 0.29) is 11.6 Å². The van der Waals surface area contributed by atoms with Gasteiger partial charge in [0.2, 0.25) is 5.95 Å². The number of thiazole rings is 1. The summed E-state index contributed by atoms with van der Waals surface area (Å²) in [5, 5.41) is 15.5. The van der Waals surface area contributed by atoms with Gasteiger partial charge >= 0.3 is 12.0 Å². The van der Waals surface area contributed by atoms with Crippen LogP contribution in [-0.2, 0) is 4.79 Å². The van der Waals surface area contributed by atoms with E-state index >= 15 is 0 Å². The molecule has 0 unspecified atom stereocenters. The van der Waals surface area contributed by atoms with Crippen LogP contribution in [-0.4, -0.2) is 61.7 Å². The first-order valence-corrected chi connectivity index (χ1v) is 13.5. The van der Waals surface area contributed by atoms with Crippen LogP contribution in [0.15, 0.2) is 41.7 Å². The van der Waals surface area contributed by atoms with Crippen LogP contribution < -0.4 is 21.1 Å². The van der Waals surface area contributed by atoms with Gasteiger partial charge in [0.1, 0.15) is 0 Å². The van der Waals surface area contributed by atoms with Crippen molar-refractivity contribution in [3.8, 4) is 22.4 Å². The molecule has 0 saturated carbocycles. The Bertz CT molecular complexity index is 1580.